The molecule has 5 saturated carbocycles. The maximum Gasteiger partial charge on any atom is 0.317 e. The van der Waals surface area contributed by atoms with Gasteiger partial charge in [0.1, 0.15) is 17.2 Å². The van der Waals surface area contributed by atoms with Crippen LogP contribution in [0.4, 0.5) is 11.4 Å². The summed E-state index contributed by atoms with van der Waals surface area (Å²) in [4.78, 5) is 29.2. The van der Waals surface area contributed by atoms with Crippen LogP contribution in [0.5, 0.6) is 23.0 Å². The van der Waals surface area contributed by atoms with Crippen LogP contribution in [-0.2, 0) is 27.6 Å². The minimum absolute atomic E-state index is 0. The van der Waals surface area contributed by atoms with E-state index in [1.807, 2.05) is 56.6 Å². The molecule has 70 heavy (non-hydrogen) atoms. The van der Waals surface area contributed by atoms with Crippen molar-refractivity contribution in [1.82, 2.24) is 0 Å². The van der Waals surface area contributed by atoms with Gasteiger partial charge in [-0.3, -0.25) is 30.2 Å². The quantitative estimate of drug-likeness (QED) is 0.0689. The number of hydrogen-bond acceptors (Lipinski definition) is 10. The number of benzene rings is 6. The van der Waals surface area contributed by atoms with Gasteiger partial charge in [-0.2, -0.15) is 0 Å². The molecule has 13 heteroatoms. The molecule has 5 fully saturated rings. The Morgan fingerprint density at radius 3 is 1.80 bits per heavy atom. The molecule has 1 radical (unpaired) electrons. The smallest absolute Gasteiger partial charge is 0.317 e. The summed E-state index contributed by atoms with van der Waals surface area (Å²) in [5.74, 6) is 3.22. The van der Waals surface area contributed by atoms with Gasteiger partial charge in [-0.15, -0.1) is 0 Å². The molecule has 0 heterocycles. The van der Waals surface area contributed by atoms with Crippen molar-refractivity contribution in [2.24, 2.45) is 27.7 Å². The first kappa shape index (κ1) is 50.1. The van der Waals surface area contributed by atoms with E-state index in [2.05, 4.69) is 69.3 Å². The molecule has 4 bridgehead atoms. The number of nitrogens with zero attached hydrogens (tertiary/aromatic N) is 4. The molecule has 0 saturated heterocycles. The van der Waals surface area contributed by atoms with Gasteiger partial charge in [0.25, 0.3) is 5.69 Å². The summed E-state index contributed by atoms with van der Waals surface area (Å²) in [6.07, 6.45) is 15.7. The molecule has 11 rings (SSSR count). The van der Waals surface area contributed by atoms with Crippen LogP contribution in [0.1, 0.15) is 121 Å². The van der Waals surface area contributed by atoms with Crippen LogP contribution in [-0.4, -0.2) is 55.8 Å². The van der Waals surface area contributed by atoms with Crippen molar-refractivity contribution in [3.63, 3.8) is 0 Å². The molecule has 5 aliphatic carbocycles. The van der Waals surface area contributed by atoms with E-state index in [1.54, 1.807) is 0 Å². The molecule has 0 aromatic heterocycles. The van der Waals surface area contributed by atoms with Crippen molar-refractivity contribution in [3.05, 3.63) is 140 Å². The van der Waals surface area contributed by atoms with Crippen LogP contribution in [0.3, 0.4) is 0 Å². The van der Waals surface area contributed by atoms with Gasteiger partial charge in [-0.1, -0.05) is 94.3 Å². The number of fused-ring (bicyclic) bond motifs is 2. The number of nitro groups is 2. The number of phenolic OH excluding ortho intramolecular Hbond substituents is 3. The largest absolute Gasteiger partial charge is 0.507 e. The molecule has 6 aromatic carbocycles. The summed E-state index contributed by atoms with van der Waals surface area (Å²) < 4.78 is 6.41. The standard InChI is InChI=1S/C51H58N2O3.C6H4N2O5.Co/c1-31(2)56-45-19-18-35-12-6-8-14-40(35)46(45)47-41-15-9-7-13-36(41)23-37(49(47)55)29-52-43-16-10-11-17-44(43)53-30-38-24-39(50(3,4)5)25-42(48(38)54)51-26-32-20-33(27-51)22-34(21-32)28-51;9-6-2-1-4(7(10)11)3-5(6)8(12)13;/h6-9,12-15,18-19,23-25,29-34,43-44,54-55H,10-11,16-17,20-22,26-28H2,1-5H3;1-3,9H;/t32?,33?,34?,43-,44-,51?;;/m0../s1. The second-order valence-corrected chi connectivity index (χ2v) is 21.3. The molecule has 3 N–H and O–H groups in total. The fourth-order valence-electron chi connectivity index (χ4n) is 12.2. The Balaban J connectivity index is 0.000000411. The zero-order chi connectivity index (χ0) is 48.8. The van der Waals surface area contributed by atoms with E-state index in [1.165, 1.54) is 49.7 Å². The molecule has 2 atom stereocenters. The zero-order valence-corrected chi connectivity index (χ0v) is 41.5. The molecule has 0 unspecified atom stereocenters. The molecule has 0 aliphatic heterocycles. The SMILES string of the molecule is CC(C)Oc1ccc2ccccc2c1-c1c(O)c(C=N[C@H]2CCCC[C@@H]2N=Cc2cc(C(C)(C)C)cc(C34CC5CC(CC(C5)C3)C4)c2O)cc2ccccc12.O=[N+]([O-])c1ccc(O)c([N+](=O)[O-])c1.[Co]. The van der Waals surface area contributed by atoms with Gasteiger partial charge >= 0.3 is 5.69 Å². The van der Waals surface area contributed by atoms with Crippen molar-refractivity contribution in [2.75, 3.05) is 0 Å². The third-order valence-electron chi connectivity index (χ3n) is 15.0. The molecule has 0 spiro atoms. The topological polar surface area (TPSA) is 181 Å². The summed E-state index contributed by atoms with van der Waals surface area (Å²) in [6, 6.07) is 29.8. The monoisotopic (exact) mass is 989 g/mol. The Morgan fingerprint density at radius 1 is 0.686 bits per heavy atom. The minimum atomic E-state index is -0.887. The van der Waals surface area contributed by atoms with Gasteiger partial charge in [-0.25, -0.2) is 0 Å². The zero-order valence-electron chi connectivity index (χ0n) is 40.4. The molecule has 367 valence electrons. The molecule has 6 aromatic rings. The van der Waals surface area contributed by atoms with E-state index in [4.69, 9.17) is 19.8 Å². The number of aromatic hydroxyl groups is 3. The van der Waals surface area contributed by atoms with E-state index in [-0.39, 0.29) is 51.5 Å². The van der Waals surface area contributed by atoms with Crippen molar-refractivity contribution >= 4 is 45.3 Å². The second-order valence-electron chi connectivity index (χ2n) is 21.3. The van der Waals surface area contributed by atoms with Gasteiger partial charge in [0.05, 0.1) is 34.1 Å². The Bertz CT molecular complexity index is 2980. The van der Waals surface area contributed by atoms with E-state index >= 15 is 0 Å². The average Bonchev–Trinajstić information content (AvgIpc) is 3.30. The summed E-state index contributed by atoms with van der Waals surface area (Å²) in [6.45, 7) is 10.9. The number of nitro benzene ring substituents is 2. The van der Waals surface area contributed by atoms with E-state index < -0.39 is 27.0 Å². The molecule has 12 nitrogen and oxygen atoms in total. The fourth-order valence-corrected chi connectivity index (χ4v) is 12.2. The fraction of sp³-hybridized carbons (Fsp3) is 0.404. The summed E-state index contributed by atoms with van der Waals surface area (Å²) >= 11 is 0. The number of aliphatic imine (C=N–C) groups is 2. The third-order valence-corrected chi connectivity index (χ3v) is 15.0. The van der Waals surface area contributed by atoms with E-state index in [0.29, 0.717) is 17.4 Å². The Labute approximate surface area is 419 Å². The first-order chi connectivity index (χ1) is 33.0. The summed E-state index contributed by atoms with van der Waals surface area (Å²) in [5.41, 5.74) is 4.60. The maximum absolute atomic E-state index is 12.2. The third kappa shape index (κ3) is 10.1. The van der Waals surface area contributed by atoms with Crippen molar-refractivity contribution < 1.29 is 46.7 Å². The Morgan fingerprint density at radius 2 is 1.24 bits per heavy atom. The van der Waals surface area contributed by atoms with Gasteiger partial charge in [-0.05, 0) is 145 Å². The van der Waals surface area contributed by atoms with E-state index in [9.17, 15) is 30.4 Å². The van der Waals surface area contributed by atoms with Crippen LogP contribution >= 0.6 is 0 Å². The van der Waals surface area contributed by atoms with Gasteiger partial charge in [0, 0.05) is 63.1 Å². The van der Waals surface area contributed by atoms with Crippen LogP contribution in [0.2, 0.25) is 0 Å². The Hall–Kier alpha value is -6.31. The average molecular weight is 990 g/mol. The minimum Gasteiger partial charge on any atom is -0.507 e. The Kier molecular flexibility index (Phi) is 14.4. The van der Waals surface area contributed by atoms with Crippen LogP contribution in [0.25, 0.3) is 32.7 Å². The van der Waals surface area contributed by atoms with Gasteiger partial charge in [0.2, 0.25) is 0 Å². The van der Waals surface area contributed by atoms with E-state index in [0.717, 1.165) is 99.6 Å². The first-order valence-corrected chi connectivity index (χ1v) is 24.5. The van der Waals surface area contributed by atoms with Crippen LogP contribution in [0, 0.1) is 38.0 Å². The summed E-state index contributed by atoms with van der Waals surface area (Å²) in [5, 5.41) is 57.8. The number of hydrogen-bond donors (Lipinski definition) is 3. The van der Waals surface area contributed by atoms with Crippen LogP contribution < -0.4 is 4.74 Å². The predicted octanol–water partition coefficient (Wildman–Crippen LogP) is 13.7. The van der Waals surface area contributed by atoms with Crippen molar-refractivity contribution in [1.29, 1.82) is 0 Å². The van der Waals surface area contributed by atoms with Gasteiger partial charge < -0.3 is 20.1 Å². The van der Waals surface area contributed by atoms with Gasteiger partial charge in [0.15, 0.2) is 5.75 Å². The van der Waals surface area contributed by atoms with Crippen molar-refractivity contribution in [2.45, 2.75) is 128 Å². The number of ether oxygens (including phenoxy) is 1. The molecular formula is C57H62CoN4O8. The van der Waals surface area contributed by atoms with Crippen molar-refractivity contribution in [3.8, 4) is 34.1 Å². The maximum atomic E-state index is 12.2. The number of phenols is 3. The summed E-state index contributed by atoms with van der Waals surface area (Å²) in [7, 11) is 0. The normalized spacial score (nSPS) is 22.9. The number of rotatable bonds is 10. The molecule has 0 amide bonds. The first-order valence-electron chi connectivity index (χ1n) is 24.5. The molecule has 5 aliphatic rings. The predicted molar refractivity (Wildman–Crippen MR) is 274 cm³/mol. The second kappa shape index (κ2) is 20.2. The molecular weight excluding hydrogens is 928 g/mol. The van der Waals surface area contributed by atoms with Crippen LogP contribution in [0.15, 0.2) is 107 Å². The number of non-ortho nitro benzene ring substituents is 1.